The minimum absolute atomic E-state index is 0. The maximum absolute atomic E-state index is 6.70. The summed E-state index contributed by atoms with van der Waals surface area (Å²) < 4.78 is 10.9. The second kappa shape index (κ2) is 15.5. The van der Waals surface area contributed by atoms with Gasteiger partial charge in [0.15, 0.2) is 0 Å². The van der Waals surface area contributed by atoms with E-state index in [1.54, 1.807) is 0 Å². The Kier molecular flexibility index (Phi) is 11.2. The van der Waals surface area contributed by atoms with E-state index in [1.807, 2.05) is 29.1 Å². The fraction of sp³-hybridized carbons (Fsp3) is 0.319. The van der Waals surface area contributed by atoms with E-state index in [0.717, 1.165) is 61.6 Å². The zero-order chi connectivity index (χ0) is 36.7. The molecule has 0 radical (unpaired) electrons. The zero-order valence-electron chi connectivity index (χ0n) is 32.4. The maximum atomic E-state index is 6.70. The Hall–Kier alpha value is -4.47. The van der Waals surface area contributed by atoms with Crippen molar-refractivity contribution in [3.63, 3.8) is 0 Å². The molecule has 7 rings (SSSR count). The third-order valence-corrected chi connectivity index (χ3v) is 10.4. The van der Waals surface area contributed by atoms with Crippen molar-refractivity contribution in [2.75, 3.05) is 0 Å². The van der Waals surface area contributed by atoms with Gasteiger partial charge in [-0.1, -0.05) is 102 Å². The van der Waals surface area contributed by atoms with Crippen molar-refractivity contribution in [2.45, 2.75) is 92.9 Å². The van der Waals surface area contributed by atoms with Crippen LogP contribution in [-0.2, 0) is 26.5 Å². The number of rotatable bonds is 10. The van der Waals surface area contributed by atoms with Crippen LogP contribution in [0.5, 0.6) is 11.5 Å². The molecule has 5 nitrogen and oxygen atoms in total. The standard InChI is InChI=1S/C47H50N4O.Pt/c1-10-14-30(2)23-32(4)36-17-20-43-42(25-36)41-19-18-39(29-44(41)50(43)45-24-31(3)21-22-48-45)52-40-27-37(47(7,8)9)26-38(28-40)51-34(6)46(33(5)49-51)35-15-12-11-13-16-35;/h11-13,15-22,24-27,30,32H,10,14,23H2,1-9H3;/q-2;+2. The van der Waals surface area contributed by atoms with Gasteiger partial charge in [0, 0.05) is 34.5 Å². The van der Waals surface area contributed by atoms with E-state index in [4.69, 9.17) is 14.8 Å². The summed E-state index contributed by atoms with van der Waals surface area (Å²) in [5.41, 5.74) is 10.8. The third-order valence-electron chi connectivity index (χ3n) is 10.4. The van der Waals surface area contributed by atoms with Crippen LogP contribution in [0.15, 0.2) is 91.1 Å². The van der Waals surface area contributed by atoms with Gasteiger partial charge in [0.05, 0.1) is 5.69 Å². The van der Waals surface area contributed by atoms with Crippen LogP contribution in [0.4, 0.5) is 0 Å². The van der Waals surface area contributed by atoms with Gasteiger partial charge in [0.2, 0.25) is 0 Å². The first-order valence-electron chi connectivity index (χ1n) is 18.7. The fourth-order valence-corrected chi connectivity index (χ4v) is 7.69. The smallest absolute Gasteiger partial charge is 0.509 e. The van der Waals surface area contributed by atoms with Gasteiger partial charge < -0.3 is 9.30 Å². The average Bonchev–Trinajstić information content (AvgIpc) is 3.60. The Morgan fingerprint density at radius 3 is 2.32 bits per heavy atom. The van der Waals surface area contributed by atoms with E-state index in [0.29, 0.717) is 23.3 Å². The number of hydrogen-bond acceptors (Lipinski definition) is 3. The molecule has 0 saturated heterocycles. The topological polar surface area (TPSA) is 44.9 Å². The molecule has 2 unspecified atom stereocenters. The van der Waals surface area contributed by atoms with Gasteiger partial charge in [-0.05, 0) is 90.4 Å². The Balaban J connectivity index is 0.00000481. The van der Waals surface area contributed by atoms with Crippen LogP contribution in [0.1, 0.15) is 94.8 Å². The number of ether oxygens (including phenoxy) is 1. The molecule has 274 valence electrons. The van der Waals surface area contributed by atoms with E-state index in [9.17, 15) is 0 Å². The minimum Gasteiger partial charge on any atom is -0.509 e. The summed E-state index contributed by atoms with van der Waals surface area (Å²) in [6, 6.07) is 37.3. The molecule has 2 atom stereocenters. The molecule has 3 aromatic heterocycles. The van der Waals surface area contributed by atoms with Gasteiger partial charge in [-0.3, -0.25) is 4.68 Å². The van der Waals surface area contributed by atoms with E-state index >= 15 is 0 Å². The van der Waals surface area contributed by atoms with Gasteiger partial charge in [-0.2, -0.15) is 11.2 Å². The van der Waals surface area contributed by atoms with Crippen molar-refractivity contribution < 1.29 is 25.8 Å². The van der Waals surface area contributed by atoms with Gasteiger partial charge in [0.25, 0.3) is 0 Å². The van der Waals surface area contributed by atoms with Crippen molar-refractivity contribution in [2.24, 2.45) is 5.92 Å². The number of aromatic nitrogens is 4. The van der Waals surface area contributed by atoms with Crippen molar-refractivity contribution in [3.05, 3.63) is 131 Å². The van der Waals surface area contributed by atoms with Crippen LogP contribution in [0.3, 0.4) is 0 Å². The van der Waals surface area contributed by atoms with Gasteiger partial charge >= 0.3 is 21.1 Å². The summed E-state index contributed by atoms with van der Waals surface area (Å²) >= 11 is 0. The second-order valence-electron chi connectivity index (χ2n) is 15.7. The summed E-state index contributed by atoms with van der Waals surface area (Å²) in [6.07, 6.45) is 5.54. The van der Waals surface area contributed by atoms with Gasteiger partial charge in [-0.25, -0.2) is 4.98 Å². The molecule has 7 aromatic rings. The van der Waals surface area contributed by atoms with E-state index < -0.39 is 0 Å². The molecule has 0 bridgehead atoms. The van der Waals surface area contributed by atoms with E-state index in [2.05, 4.69) is 146 Å². The molecule has 0 amide bonds. The number of aryl methyl sites for hydroxylation is 2. The van der Waals surface area contributed by atoms with E-state index in [1.165, 1.54) is 30.2 Å². The predicted octanol–water partition coefficient (Wildman–Crippen LogP) is 12.6. The number of fused-ring (bicyclic) bond motifs is 3. The summed E-state index contributed by atoms with van der Waals surface area (Å²) in [4.78, 5) is 4.82. The van der Waals surface area contributed by atoms with Gasteiger partial charge in [-0.15, -0.1) is 41.3 Å². The summed E-state index contributed by atoms with van der Waals surface area (Å²) in [5, 5.41) is 7.34. The molecule has 53 heavy (non-hydrogen) atoms. The molecule has 0 aliphatic heterocycles. The Morgan fingerprint density at radius 1 is 0.830 bits per heavy atom. The first-order valence-corrected chi connectivity index (χ1v) is 18.7. The second-order valence-corrected chi connectivity index (χ2v) is 15.7. The number of hydrogen-bond donors (Lipinski definition) is 0. The maximum Gasteiger partial charge on any atom is 2.00 e. The largest absolute Gasteiger partial charge is 2.00 e. The number of nitrogens with zero attached hydrogens (tertiary/aromatic N) is 4. The Morgan fingerprint density at radius 2 is 1.60 bits per heavy atom. The zero-order valence-corrected chi connectivity index (χ0v) is 34.7. The summed E-state index contributed by atoms with van der Waals surface area (Å²) in [6.45, 7) is 20.0. The first-order chi connectivity index (χ1) is 24.9. The summed E-state index contributed by atoms with van der Waals surface area (Å²) in [5.74, 6) is 3.29. The summed E-state index contributed by atoms with van der Waals surface area (Å²) in [7, 11) is 0. The van der Waals surface area contributed by atoms with Crippen LogP contribution < -0.4 is 4.74 Å². The van der Waals surface area contributed by atoms with Crippen molar-refractivity contribution >= 4 is 21.8 Å². The predicted molar refractivity (Wildman–Crippen MR) is 215 cm³/mol. The molecular formula is C47H50N4OPt. The molecule has 0 aliphatic carbocycles. The van der Waals surface area contributed by atoms with Crippen molar-refractivity contribution in [1.82, 2.24) is 19.3 Å². The van der Waals surface area contributed by atoms with Crippen molar-refractivity contribution in [1.29, 1.82) is 0 Å². The van der Waals surface area contributed by atoms with Crippen LogP contribution in [0.2, 0.25) is 0 Å². The van der Waals surface area contributed by atoms with Crippen molar-refractivity contribution in [3.8, 4) is 34.1 Å². The molecule has 0 aliphatic rings. The monoisotopic (exact) mass is 881 g/mol. The van der Waals surface area contributed by atoms with Crippen LogP contribution >= 0.6 is 0 Å². The molecule has 0 saturated carbocycles. The third kappa shape index (κ3) is 7.78. The Bertz CT molecular complexity index is 2380. The Labute approximate surface area is 329 Å². The molecule has 6 heteroatoms. The number of benzene rings is 4. The molecule has 0 fully saturated rings. The molecule has 4 aromatic carbocycles. The minimum atomic E-state index is -0.125. The normalized spacial score (nSPS) is 12.9. The van der Waals surface area contributed by atoms with Crippen LogP contribution in [-0.4, -0.2) is 19.3 Å². The molecule has 0 spiro atoms. The fourth-order valence-electron chi connectivity index (χ4n) is 7.69. The SMILES string of the molecule is CCCC(C)CC(C)c1ccc2c(c1)c1ccc(Oc3[c-]c(-n4nc(C)c(-c5ccccc5)c4C)cc(C(C)(C)C)c3)[c-]c1n2-c1cc(C)ccn1.[Pt+2]. The molecular weight excluding hydrogens is 832 g/mol. The van der Waals surface area contributed by atoms with E-state index in [-0.39, 0.29) is 26.5 Å². The molecule has 0 N–H and O–H groups in total. The van der Waals surface area contributed by atoms with Crippen LogP contribution in [0.25, 0.3) is 44.4 Å². The average molecular weight is 882 g/mol. The van der Waals surface area contributed by atoms with Crippen LogP contribution in [0, 0.1) is 38.8 Å². The van der Waals surface area contributed by atoms with Gasteiger partial charge in [0.1, 0.15) is 5.82 Å². The first kappa shape index (κ1) is 38.3. The number of pyridine rings is 1. The molecule has 3 heterocycles. The quantitative estimate of drug-likeness (QED) is 0.129.